The second kappa shape index (κ2) is 6.24. The highest BCUT2D eigenvalue weighted by Crippen LogP contribution is 2.32. The van der Waals surface area contributed by atoms with Gasteiger partial charge in [-0.05, 0) is 34.1 Å². The van der Waals surface area contributed by atoms with Gasteiger partial charge in [0.15, 0.2) is 6.33 Å². The Morgan fingerprint density at radius 3 is 3.00 bits per heavy atom. The number of carbonyl (C=O) groups is 2. The molecule has 1 aromatic heterocycles. The largest absolute Gasteiger partial charge is 0.442 e. The minimum atomic E-state index is -0.661. The lowest BCUT2D eigenvalue weighted by atomic mass is 10.2. The minimum absolute atomic E-state index is 0.165. The number of ether oxygens (including phenoxy) is 1. The van der Waals surface area contributed by atoms with Crippen molar-refractivity contribution in [2.75, 3.05) is 18.0 Å². The predicted molar refractivity (Wildman–Crippen MR) is 82.6 cm³/mol. The van der Waals surface area contributed by atoms with Crippen molar-refractivity contribution in [1.82, 2.24) is 15.5 Å². The Labute approximate surface area is 138 Å². The van der Waals surface area contributed by atoms with Crippen LogP contribution in [0.15, 0.2) is 33.5 Å². The summed E-state index contributed by atoms with van der Waals surface area (Å²) in [6.45, 7) is 0.476. The maximum atomic E-state index is 12.0. The van der Waals surface area contributed by atoms with E-state index in [-0.39, 0.29) is 6.54 Å². The van der Waals surface area contributed by atoms with Gasteiger partial charge in [0, 0.05) is 10.2 Å². The monoisotopic (exact) mass is 381 g/mol. The first kappa shape index (κ1) is 15.3. The highest BCUT2D eigenvalue weighted by Gasteiger charge is 2.32. The van der Waals surface area contributed by atoms with Crippen molar-refractivity contribution < 1.29 is 18.8 Å². The Balaban J connectivity index is 1.76. The normalized spacial score (nSPS) is 17.2. The van der Waals surface area contributed by atoms with Crippen LogP contribution in [-0.2, 0) is 4.74 Å². The molecule has 1 atom stereocenters. The van der Waals surface area contributed by atoms with E-state index < -0.39 is 18.2 Å². The zero-order valence-electron chi connectivity index (χ0n) is 11.7. The molecule has 9 nitrogen and oxygen atoms in total. The highest BCUT2D eigenvalue weighted by molar-refractivity contribution is 9.10. The third kappa shape index (κ3) is 3.26. The van der Waals surface area contributed by atoms with Gasteiger partial charge in [0.05, 0.1) is 18.7 Å². The van der Waals surface area contributed by atoms with E-state index in [0.717, 1.165) is 0 Å². The Kier molecular flexibility index (Phi) is 4.15. The quantitative estimate of drug-likeness (QED) is 0.826. The number of benzene rings is 1. The minimum Gasteiger partial charge on any atom is -0.442 e. The SMILES string of the molecule is NC(=O)NCC1CN(c2ccc(-c3ncno3)c(Br)c2)C(=O)O1. The number of halogens is 1. The van der Waals surface area contributed by atoms with Gasteiger partial charge in [-0.2, -0.15) is 4.98 Å². The molecule has 0 radical (unpaired) electrons. The van der Waals surface area contributed by atoms with E-state index in [4.69, 9.17) is 15.0 Å². The molecule has 23 heavy (non-hydrogen) atoms. The van der Waals surface area contributed by atoms with Crippen LogP contribution in [0.4, 0.5) is 15.3 Å². The van der Waals surface area contributed by atoms with Gasteiger partial charge in [-0.15, -0.1) is 0 Å². The number of nitrogens with two attached hydrogens (primary N) is 1. The van der Waals surface area contributed by atoms with E-state index in [9.17, 15) is 9.59 Å². The standard InChI is InChI=1S/C13H12BrN5O4/c14-10-3-7(1-2-9(10)11-17-6-18-23-11)19-5-8(22-13(19)21)4-16-12(15)20/h1-3,6,8H,4-5H2,(H3,15,16,20). The summed E-state index contributed by atoms with van der Waals surface area (Å²) in [5.74, 6) is 0.371. The first-order valence-electron chi connectivity index (χ1n) is 6.62. The molecule has 0 spiro atoms. The Morgan fingerprint density at radius 1 is 1.52 bits per heavy atom. The number of anilines is 1. The van der Waals surface area contributed by atoms with Crippen LogP contribution in [0.3, 0.4) is 0 Å². The fourth-order valence-corrected chi connectivity index (χ4v) is 2.73. The van der Waals surface area contributed by atoms with E-state index in [2.05, 4.69) is 31.4 Å². The van der Waals surface area contributed by atoms with Crippen molar-refractivity contribution in [2.24, 2.45) is 5.73 Å². The van der Waals surface area contributed by atoms with Crippen LogP contribution in [0, 0.1) is 0 Å². The fourth-order valence-electron chi connectivity index (χ4n) is 2.19. The average molecular weight is 382 g/mol. The number of amides is 3. The van der Waals surface area contributed by atoms with E-state index >= 15 is 0 Å². The number of nitrogens with zero attached hydrogens (tertiary/aromatic N) is 3. The lowest BCUT2D eigenvalue weighted by Crippen LogP contribution is -2.37. The van der Waals surface area contributed by atoms with Gasteiger partial charge >= 0.3 is 12.1 Å². The molecule has 1 fully saturated rings. The molecule has 1 aliphatic heterocycles. The number of nitrogens with one attached hydrogen (secondary N) is 1. The summed E-state index contributed by atoms with van der Waals surface area (Å²) in [6.07, 6.45) is 0.368. The van der Waals surface area contributed by atoms with Crippen molar-refractivity contribution in [3.8, 4) is 11.5 Å². The molecule has 3 N–H and O–H groups in total. The first-order chi connectivity index (χ1) is 11.0. The second-order valence-electron chi connectivity index (χ2n) is 4.77. The van der Waals surface area contributed by atoms with Gasteiger partial charge in [-0.25, -0.2) is 9.59 Å². The lowest BCUT2D eigenvalue weighted by molar-refractivity contribution is 0.141. The molecule has 1 unspecified atom stereocenters. The van der Waals surface area contributed by atoms with Crippen molar-refractivity contribution >= 4 is 33.7 Å². The number of rotatable bonds is 4. The van der Waals surface area contributed by atoms with Crippen LogP contribution in [0.1, 0.15) is 0 Å². The Hall–Kier alpha value is -2.62. The molecular weight excluding hydrogens is 370 g/mol. The molecule has 1 aromatic carbocycles. The van der Waals surface area contributed by atoms with Crippen LogP contribution in [-0.4, -0.2) is 41.5 Å². The molecule has 3 amide bonds. The summed E-state index contributed by atoms with van der Waals surface area (Å²) >= 11 is 3.42. The molecule has 0 saturated carbocycles. The van der Waals surface area contributed by atoms with Crippen LogP contribution in [0.5, 0.6) is 0 Å². The summed E-state index contributed by atoms with van der Waals surface area (Å²) in [6, 6.07) is 4.60. The topological polar surface area (TPSA) is 124 Å². The van der Waals surface area contributed by atoms with Gasteiger partial charge in [0.1, 0.15) is 6.10 Å². The molecule has 2 heterocycles. The molecule has 1 saturated heterocycles. The predicted octanol–water partition coefficient (Wildman–Crippen LogP) is 1.49. The van der Waals surface area contributed by atoms with Crippen molar-refractivity contribution in [1.29, 1.82) is 0 Å². The van der Waals surface area contributed by atoms with E-state index in [0.29, 0.717) is 28.2 Å². The van der Waals surface area contributed by atoms with Crippen molar-refractivity contribution in [3.05, 3.63) is 29.0 Å². The van der Waals surface area contributed by atoms with Gasteiger partial charge in [-0.3, -0.25) is 4.90 Å². The number of aromatic nitrogens is 2. The summed E-state index contributed by atoms with van der Waals surface area (Å²) in [7, 11) is 0. The third-order valence-corrected chi connectivity index (χ3v) is 3.89. The molecule has 0 aliphatic carbocycles. The Morgan fingerprint density at radius 2 is 2.35 bits per heavy atom. The van der Waals surface area contributed by atoms with E-state index in [1.165, 1.54) is 11.2 Å². The van der Waals surface area contributed by atoms with E-state index in [1.807, 2.05) is 0 Å². The number of carbonyl (C=O) groups excluding carboxylic acids is 2. The molecule has 10 heteroatoms. The van der Waals surface area contributed by atoms with Crippen LogP contribution in [0.2, 0.25) is 0 Å². The maximum Gasteiger partial charge on any atom is 0.414 e. The third-order valence-electron chi connectivity index (χ3n) is 3.23. The molecule has 2 aromatic rings. The second-order valence-corrected chi connectivity index (χ2v) is 5.63. The number of hydrogen-bond acceptors (Lipinski definition) is 6. The first-order valence-corrected chi connectivity index (χ1v) is 7.42. The number of cyclic esters (lactones) is 1. The summed E-state index contributed by atoms with van der Waals surface area (Å²) < 4.78 is 10.9. The zero-order valence-corrected chi connectivity index (χ0v) is 13.3. The number of urea groups is 1. The van der Waals surface area contributed by atoms with Gasteiger partial charge in [0.25, 0.3) is 5.89 Å². The van der Waals surface area contributed by atoms with Crippen LogP contribution < -0.4 is 16.0 Å². The zero-order chi connectivity index (χ0) is 16.4. The van der Waals surface area contributed by atoms with Crippen molar-refractivity contribution in [2.45, 2.75) is 6.10 Å². The Bertz CT molecular complexity index is 736. The molecule has 0 bridgehead atoms. The smallest absolute Gasteiger partial charge is 0.414 e. The molecule has 1 aliphatic rings. The van der Waals surface area contributed by atoms with Crippen molar-refractivity contribution in [3.63, 3.8) is 0 Å². The van der Waals surface area contributed by atoms with Crippen LogP contribution >= 0.6 is 15.9 Å². The van der Waals surface area contributed by atoms with E-state index in [1.54, 1.807) is 18.2 Å². The van der Waals surface area contributed by atoms with Gasteiger partial charge < -0.3 is 20.3 Å². The summed E-state index contributed by atoms with van der Waals surface area (Å²) in [5, 5.41) is 5.98. The molecule has 120 valence electrons. The average Bonchev–Trinajstić information content (AvgIpc) is 3.14. The molecular formula is C13H12BrN5O4. The summed E-state index contributed by atoms with van der Waals surface area (Å²) in [4.78, 5) is 28.1. The highest BCUT2D eigenvalue weighted by atomic mass is 79.9. The van der Waals surface area contributed by atoms with Gasteiger partial charge in [-0.1, -0.05) is 5.16 Å². The summed E-state index contributed by atoms with van der Waals surface area (Å²) in [5.41, 5.74) is 6.36. The van der Waals surface area contributed by atoms with Crippen LogP contribution in [0.25, 0.3) is 11.5 Å². The lowest BCUT2D eigenvalue weighted by Gasteiger charge is -2.14. The number of hydrogen-bond donors (Lipinski definition) is 2. The van der Waals surface area contributed by atoms with Gasteiger partial charge in [0.2, 0.25) is 0 Å². The fraction of sp³-hybridized carbons (Fsp3) is 0.231. The maximum absolute atomic E-state index is 12.0. The number of primary amides is 1. The molecule has 3 rings (SSSR count).